The molecule has 0 unspecified atom stereocenters. The van der Waals surface area contributed by atoms with Gasteiger partial charge in [-0.25, -0.2) is 0 Å². The molecule has 2 N–H and O–H groups in total. The summed E-state index contributed by atoms with van der Waals surface area (Å²) in [7, 11) is -1.99. The maximum Gasteiger partial charge on any atom is 0.116 e. The Morgan fingerprint density at radius 3 is 1.39 bits per heavy atom. The van der Waals surface area contributed by atoms with Gasteiger partial charge in [0.2, 0.25) is 0 Å². The van der Waals surface area contributed by atoms with E-state index in [1.165, 1.54) is 15.9 Å². The van der Waals surface area contributed by atoms with Gasteiger partial charge in [-0.1, -0.05) is 72.3 Å². The molecule has 0 heterocycles. The molecular weight excluding hydrogens is 381 g/mol. The van der Waals surface area contributed by atoms with Crippen LogP contribution in [0.15, 0.2) is 109 Å². The molecule has 4 aromatic rings. The van der Waals surface area contributed by atoms with Crippen LogP contribution in [0.4, 0.5) is 5.69 Å². The molecule has 0 bridgehead atoms. The van der Waals surface area contributed by atoms with Crippen LogP contribution in [-0.2, 0) is 6.16 Å². The lowest BCUT2D eigenvalue weighted by Crippen LogP contribution is -2.32. The van der Waals surface area contributed by atoms with Gasteiger partial charge in [0.05, 0.1) is 0 Å². The quantitative estimate of drug-likeness (QED) is 0.350. The third-order valence-corrected chi connectivity index (χ3v) is 9.83. The maximum atomic E-state index is 6.64. The summed E-state index contributed by atoms with van der Waals surface area (Å²) in [4.78, 5) is 0. The van der Waals surface area contributed by atoms with Crippen molar-refractivity contribution in [2.75, 3.05) is 5.73 Å². The summed E-state index contributed by atoms with van der Waals surface area (Å²) in [5.41, 5.74) is 8.17. The second-order valence-electron chi connectivity index (χ2n) is 6.78. The van der Waals surface area contributed by atoms with E-state index in [9.17, 15) is 0 Å². The topological polar surface area (TPSA) is 26.0 Å². The zero-order chi connectivity index (χ0) is 19.4. The van der Waals surface area contributed by atoms with Crippen molar-refractivity contribution in [2.24, 2.45) is 0 Å². The van der Waals surface area contributed by atoms with Crippen molar-refractivity contribution in [3.8, 4) is 0 Å². The van der Waals surface area contributed by atoms with Crippen LogP contribution in [0.5, 0.6) is 0 Å². The first-order valence-electron chi connectivity index (χ1n) is 9.29. The van der Waals surface area contributed by atoms with Crippen molar-refractivity contribution in [1.29, 1.82) is 0 Å². The van der Waals surface area contributed by atoms with Crippen molar-refractivity contribution in [3.05, 3.63) is 120 Å². The van der Waals surface area contributed by atoms with Crippen LogP contribution in [0.1, 0.15) is 5.56 Å². The van der Waals surface area contributed by atoms with Gasteiger partial charge in [-0.05, 0) is 48.5 Å². The van der Waals surface area contributed by atoms with Gasteiger partial charge in [-0.3, -0.25) is 0 Å². The summed E-state index contributed by atoms with van der Waals surface area (Å²) in [5, 5.41) is 4.71. The summed E-state index contributed by atoms with van der Waals surface area (Å²) >= 11 is 6.64. The Balaban J connectivity index is 2.04. The van der Waals surface area contributed by atoms with Crippen LogP contribution < -0.4 is 21.6 Å². The van der Waals surface area contributed by atoms with Gasteiger partial charge < -0.3 is 5.73 Å². The zero-order valence-corrected chi connectivity index (χ0v) is 17.2. The van der Waals surface area contributed by atoms with Crippen molar-refractivity contribution >= 4 is 40.5 Å². The van der Waals surface area contributed by atoms with Crippen LogP contribution >= 0.6 is 18.9 Å². The lowest BCUT2D eigenvalue weighted by Gasteiger charge is -2.28. The number of anilines is 1. The Morgan fingerprint density at radius 2 is 1.00 bits per heavy atom. The van der Waals surface area contributed by atoms with Crippen LogP contribution in [-0.4, -0.2) is 0 Å². The van der Waals surface area contributed by atoms with Gasteiger partial charge in [0.1, 0.15) is 29.3 Å². The van der Waals surface area contributed by atoms with Gasteiger partial charge in [0.25, 0.3) is 0 Å². The van der Waals surface area contributed by atoms with E-state index in [4.69, 9.17) is 17.3 Å². The minimum atomic E-state index is -1.99. The molecule has 0 atom stereocenters. The molecule has 0 aliphatic rings. The molecule has 0 spiro atoms. The molecular formula is C25H22ClNP+. The number of nitrogen functional groups attached to an aromatic ring is 1. The Morgan fingerprint density at radius 1 is 0.571 bits per heavy atom. The minimum absolute atomic E-state index is 0.729. The molecule has 4 rings (SSSR count). The first-order chi connectivity index (χ1) is 13.7. The molecule has 0 radical (unpaired) electrons. The van der Waals surface area contributed by atoms with E-state index in [1.54, 1.807) is 0 Å². The molecule has 3 heteroatoms. The van der Waals surface area contributed by atoms with Crippen LogP contribution in [0, 0.1) is 0 Å². The second-order valence-corrected chi connectivity index (χ2v) is 10.7. The first-order valence-corrected chi connectivity index (χ1v) is 11.6. The number of rotatable bonds is 5. The van der Waals surface area contributed by atoms with Crippen molar-refractivity contribution in [1.82, 2.24) is 0 Å². The van der Waals surface area contributed by atoms with Gasteiger partial charge >= 0.3 is 0 Å². The summed E-state index contributed by atoms with van der Waals surface area (Å²) in [6.45, 7) is 0. The Labute approximate surface area is 172 Å². The van der Waals surface area contributed by atoms with Gasteiger partial charge in [-0.15, -0.1) is 0 Å². The number of hydrogen-bond donors (Lipinski definition) is 1. The standard InChI is InChI=1S/C25H22ClNP/c26-24-17-10-18-25(27)23(24)19-28(20-11-4-1-5-12-20,21-13-6-2-7-14-21)22-15-8-3-9-16-22/h1-18H,19,27H2/q+1. The van der Waals surface area contributed by atoms with Crippen LogP contribution in [0.2, 0.25) is 5.02 Å². The average molecular weight is 403 g/mol. The number of halogens is 1. The van der Waals surface area contributed by atoms with Gasteiger partial charge in [0, 0.05) is 16.3 Å². The van der Waals surface area contributed by atoms with Crippen LogP contribution in [0.25, 0.3) is 0 Å². The fourth-order valence-electron chi connectivity index (χ4n) is 3.75. The van der Waals surface area contributed by atoms with E-state index in [0.717, 1.165) is 22.4 Å². The first kappa shape index (κ1) is 18.7. The third kappa shape index (κ3) is 3.44. The molecule has 28 heavy (non-hydrogen) atoms. The van der Waals surface area contributed by atoms with Gasteiger partial charge in [-0.2, -0.15) is 0 Å². The lowest BCUT2D eigenvalue weighted by atomic mass is 10.2. The Kier molecular flexibility index (Phi) is 5.48. The largest absolute Gasteiger partial charge is 0.398 e. The fourth-order valence-corrected chi connectivity index (χ4v) is 8.40. The highest BCUT2D eigenvalue weighted by Crippen LogP contribution is 2.59. The van der Waals surface area contributed by atoms with E-state index < -0.39 is 7.26 Å². The molecule has 4 aromatic carbocycles. The Bertz CT molecular complexity index is 933. The lowest BCUT2D eigenvalue weighted by molar-refractivity contribution is 1.39. The molecule has 0 saturated heterocycles. The highest BCUT2D eigenvalue weighted by atomic mass is 35.5. The third-order valence-electron chi connectivity index (χ3n) is 5.14. The van der Waals surface area contributed by atoms with Gasteiger partial charge in [0.15, 0.2) is 0 Å². The molecule has 0 saturated carbocycles. The fraction of sp³-hybridized carbons (Fsp3) is 0.0400. The van der Waals surface area contributed by atoms with E-state index >= 15 is 0 Å². The maximum absolute atomic E-state index is 6.64. The molecule has 0 fully saturated rings. The van der Waals surface area contributed by atoms with Crippen molar-refractivity contribution in [3.63, 3.8) is 0 Å². The zero-order valence-electron chi connectivity index (χ0n) is 15.5. The molecule has 0 aromatic heterocycles. The van der Waals surface area contributed by atoms with E-state index in [2.05, 4.69) is 91.0 Å². The molecule has 0 amide bonds. The predicted molar refractivity (Wildman–Crippen MR) is 125 cm³/mol. The summed E-state index contributed by atoms with van der Waals surface area (Å²) in [6, 6.07) is 38.1. The number of nitrogens with two attached hydrogens (primary N) is 1. The minimum Gasteiger partial charge on any atom is -0.398 e. The number of hydrogen-bond acceptors (Lipinski definition) is 1. The SMILES string of the molecule is Nc1cccc(Cl)c1C[P+](c1ccccc1)(c1ccccc1)c1ccccc1. The average Bonchev–Trinajstić information content (AvgIpc) is 2.76. The molecule has 1 nitrogen and oxygen atoms in total. The summed E-state index contributed by atoms with van der Waals surface area (Å²) in [5.74, 6) is 0. The smallest absolute Gasteiger partial charge is 0.116 e. The highest BCUT2D eigenvalue weighted by molar-refractivity contribution is 7.95. The van der Waals surface area contributed by atoms with E-state index in [0.29, 0.717) is 0 Å². The molecule has 138 valence electrons. The molecule has 0 aliphatic heterocycles. The second kappa shape index (κ2) is 8.19. The highest BCUT2D eigenvalue weighted by Gasteiger charge is 2.46. The number of benzene rings is 4. The molecule has 0 aliphatic carbocycles. The predicted octanol–water partition coefficient (Wildman–Crippen LogP) is 5.42. The normalized spacial score (nSPS) is 11.3. The Hall–Kier alpha value is -2.60. The van der Waals surface area contributed by atoms with Crippen LogP contribution in [0.3, 0.4) is 0 Å². The van der Waals surface area contributed by atoms with E-state index in [-0.39, 0.29) is 0 Å². The summed E-state index contributed by atoms with van der Waals surface area (Å²) < 4.78 is 0. The summed E-state index contributed by atoms with van der Waals surface area (Å²) in [6.07, 6.45) is 0.788. The van der Waals surface area contributed by atoms with Crippen molar-refractivity contribution < 1.29 is 0 Å². The van der Waals surface area contributed by atoms with Crippen molar-refractivity contribution in [2.45, 2.75) is 6.16 Å². The monoisotopic (exact) mass is 402 g/mol. The van der Waals surface area contributed by atoms with E-state index in [1.807, 2.05) is 18.2 Å².